The third-order valence-electron chi connectivity index (χ3n) is 5.30. The summed E-state index contributed by atoms with van der Waals surface area (Å²) in [5.74, 6) is -1.28. The molecule has 0 saturated carbocycles. The highest BCUT2D eigenvalue weighted by molar-refractivity contribution is 7.89. The predicted molar refractivity (Wildman–Crippen MR) is 97.0 cm³/mol. The fourth-order valence-electron chi connectivity index (χ4n) is 3.43. The number of aryl methyl sites for hydroxylation is 1. The van der Waals surface area contributed by atoms with Crippen LogP contribution in [0.5, 0.6) is 0 Å². The first-order valence-corrected chi connectivity index (χ1v) is 10.3. The van der Waals surface area contributed by atoms with Gasteiger partial charge in [-0.3, -0.25) is 9.59 Å². The molecule has 0 radical (unpaired) electrons. The molecule has 8 nitrogen and oxygen atoms in total. The van der Waals surface area contributed by atoms with Gasteiger partial charge in [0.2, 0.25) is 10.0 Å². The maximum atomic E-state index is 13.0. The Labute approximate surface area is 158 Å². The van der Waals surface area contributed by atoms with Crippen LogP contribution in [0.25, 0.3) is 0 Å². The largest absolute Gasteiger partial charge is 0.481 e. The van der Waals surface area contributed by atoms with E-state index in [1.165, 1.54) is 15.3 Å². The zero-order chi connectivity index (χ0) is 19.8. The van der Waals surface area contributed by atoms with Gasteiger partial charge in [-0.15, -0.1) is 0 Å². The maximum Gasteiger partial charge on any atom is 0.311 e. The molecule has 27 heavy (non-hydrogen) atoms. The summed E-state index contributed by atoms with van der Waals surface area (Å²) >= 11 is 0. The monoisotopic (exact) mass is 396 g/mol. The van der Waals surface area contributed by atoms with Crippen LogP contribution in [-0.2, 0) is 19.6 Å². The minimum atomic E-state index is -3.72. The van der Waals surface area contributed by atoms with Crippen molar-refractivity contribution < 1.29 is 27.9 Å². The molecule has 0 aromatic heterocycles. The molecule has 3 rings (SSSR count). The van der Waals surface area contributed by atoms with Crippen LogP contribution < -0.4 is 0 Å². The van der Waals surface area contributed by atoms with E-state index in [1.54, 1.807) is 26.0 Å². The molecular weight excluding hydrogens is 372 g/mol. The highest BCUT2D eigenvalue weighted by Crippen LogP contribution is 2.31. The normalized spacial score (nSPS) is 24.1. The fourth-order valence-corrected chi connectivity index (χ4v) is 5.09. The molecular formula is C18H24N2O6S. The van der Waals surface area contributed by atoms with Gasteiger partial charge in [0.15, 0.2) is 0 Å². The molecule has 1 unspecified atom stereocenters. The van der Waals surface area contributed by atoms with Crippen LogP contribution in [0.15, 0.2) is 23.1 Å². The van der Waals surface area contributed by atoms with Crippen molar-refractivity contribution in [3.8, 4) is 0 Å². The third kappa shape index (κ3) is 3.71. The molecule has 0 spiro atoms. The lowest BCUT2D eigenvalue weighted by molar-refractivity contribution is -0.147. The van der Waals surface area contributed by atoms with Crippen molar-refractivity contribution in [1.29, 1.82) is 0 Å². The number of hydrogen-bond donors (Lipinski definition) is 1. The Morgan fingerprint density at radius 2 is 1.85 bits per heavy atom. The SMILES string of the molecule is Cc1ccc(C(=O)N2CCC(C)(C(=O)O)C2)cc1S(=O)(=O)N1CCOCC1. The van der Waals surface area contributed by atoms with E-state index in [1.807, 2.05) is 0 Å². The molecule has 2 saturated heterocycles. The van der Waals surface area contributed by atoms with Gasteiger partial charge in [0.05, 0.1) is 23.5 Å². The van der Waals surface area contributed by atoms with Crippen LogP contribution in [0.2, 0.25) is 0 Å². The lowest BCUT2D eigenvalue weighted by atomic mass is 9.90. The van der Waals surface area contributed by atoms with Crippen LogP contribution in [0.3, 0.4) is 0 Å². The Morgan fingerprint density at radius 1 is 1.19 bits per heavy atom. The summed E-state index contributed by atoms with van der Waals surface area (Å²) < 4.78 is 32.5. The van der Waals surface area contributed by atoms with Gasteiger partial charge >= 0.3 is 5.97 Å². The van der Waals surface area contributed by atoms with E-state index in [0.29, 0.717) is 31.7 Å². The van der Waals surface area contributed by atoms with Gasteiger partial charge in [-0.25, -0.2) is 8.42 Å². The molecule has 1 atom stereocenters. The first-order chi connectivity index (χ1) is 12.6. The standard InChI is InChI=1S/C18H24N2O6S/c1-13-3-4-14(16(21)19-6-5-18(2,12-19)17(22)23)11-15(13)27(24,25)20-7-9-26-10-8-20/h3-4,11H,5-10,12H2,1-2H3,(H,22,23). The summed E-state index contributed by atoms with van der Waals surface area (Å²) in [6.45, 7) is 5.01. The summed E-state index contributed by atoms with van der Waals surface area (Å²) in [7, 11) is -3.72. The summed E-state index contributed by atoms with van der Waals surface area (Å²) in [6.07, 6.45) is 0.374. The van der Waals surface area contributed by atoms with Crippen molar-refractivity contribution in [2.24, 2.45) is 5.41 Å². The molecule has 1 aromatic carbocycles. The Morgan fingerprint density at radius 3 is 2.44 bits per heavy atom. The number of carboxylic acids is 1. The number of amides is 1. The number of carbonyl (C=O) groups is 2. The number of hydrogen-bond acceptors (Lipinski definition) is 5. The van der Waals surface area contributed by atoms with E-state index in [4.69, 9.17) is 4.74 Å². The number of ether oxygens (including phenoxy) is 1. The van der Waals surface area contributed by atoms with Gasteiger partial charge in [-0.05, 0) is 38.0 Å². The Balaban J connectivity index is 1.87. The van der Waals surface area contributed by atoms with Gasteiger partial charge in [0, 0.05) is 31.7 Å². The lowest BCUT2D eigenvalue weighted by Gasteiger charge is -2.27. The Hall–Kier alpha value is -1.97. The van der Waals surface area contributed by atoms with Crippen molar-refractivity contribution in [3.05, 3.63) is 29.3 Å². The second kappa shape index (κ2) is 7.21. The number of rotatable bonds is 4. The molecule has 2 heterocycles. The minimum Gasteiger partial charge on any atom is -0.481 e. The predicted octanol–water partition coefficient (Wildman–Crippen LogP) is 0.953. The van der Waals surface area contributed by atoms with E-state index in [2.05, 4.69) is 0 Å². The van der Waals surface area contributed by atoms with E-state index in [9.17, 15) is 23.1 Å². The van der Waals surface area contributed by atoms with E-state index < -0.39 is 21.4 Å². The second-order valence-electron chi connectivity index (χ2n) is 7.34. The number of morpholine rings is 1. The third-order valence-corrected chi connectivity index (χ3v) is 7.34. The van der Waals surface area contributed by atoms with E-state index >= 15 is 0 Å². The van der Waals surface area contributed by atoms with Gasteiger partial charge in [0.1, 0.15) is 0 Å². The van der Waals surface area contributed by atoms with Crippen LogP contribution in [-0.4, -0.2) is 74.0 Å². The van der Waals surface area contributed by atoms with Crippen LogP contribution in [0.1, 0.15) is 29.3 Å². The molecule has 1 amide bonds. The molecule has 0 aliphatic carbocycles. The maximum absolute atomic E-state index is 13.0. The molecule has 1 aromatic rings. The van der Waals surface area contributed by atoms with Crippen LogP contribution in [0.4, 0.5) is 0 Å². The second-order valence-corrected chi connectivity index (χ2v) is 9.25. The average Bonchev–Trinajstić information content (AvgIpc) is 3.06. The van der Waals surface area contributed by atoms with Gasteiger partial charge in [0.25, 0.3) is 5.91 Å². The molecule has 2 aliphatic rings. The summed E-state index contributed by atoms with van der Waals surface area (Å²) in [4.78, 5) is 25.8. The van der Waals surface area contributed by atoms with E-state index in [0.717, 1.165) is 0 Å². The zero-order valence-electron chi connectivity index (χ0n) is 15.5. The fraction of sp³-hybridized carbons (Fsp3) is 0.556. The molecule has 2 fully saturated rings. The number of carbonyl (C=O) groups excluding carboxylic acids is 1. The summed E-state index contributed by atoms with van der Waals surface area (Å²) in [5, 5.41) is 9.34. The van der Waals surface area contributed by atoms with Crippen molar-refractivity contribution in [2.45, 2.75) is 25.2 Å². The molecule has 148 valence electrons. The zero-order valence-corrected chi connectivity index (χ0v) is 16.3. The smallest absolute Gasteiger partial charge is 0.311 e. The minimum absolute atomic E-state index is 0.107. The highest BCUT2D eigenvalue weighted by atomic mass is 32.2. The number of nitrogens with zero attached hydrogens (tertiary/aromatic N) is 2. The lowest BCUT2D eigenvalue weighted by Crippen LogP contribution is -2.41. The van der Waals surface area contributed by atoms with Gasteiger partial charge < -0.3 is 14.7 Å². The molecule has 0 bridgehead atoms. The quantitative estimate of drug-likeness (QED) is 0.813. The highest BCUT2D eigenvalue weighted by Gasteiger charge is 2.42. The Bertz CT molecular complexity index is 863. The average molecular weight is 396 g/mol. The number of likely N-dealkylation sites (tertiary alicyclic amines) is 1. The number of aliphatic carboxylic acids is 1. The van der Waals surface area contributed by atoms with Crippen molar-refractivity contribution >= 4 is 21.9 Å². The van der Waals surface area contributed by atoms with Gasteiger partial charge in [-0.1, -0.05) is 6.07 Å². The topological polar surface area (TPSA) is 104 Å². The molecule has 2 aliphatic heterocycles. The van der Waals surface area contributed by atoms with Crippen molar-refractivity contribution in [3.63, 3.8) is 0 Å². The summed E-state index contributed by atoms with van der Waals surface area (Å²) in [6, 6.07) is 4.61. The van der Waals surface area contributed by atoms with Crippen LogP contribution in [0, 0.1) is 12.3 Å². The van der Waals surface area contributed by atoms with Crippen LogP contribution >= 0.6 is 0 Å². The van der Waals surface area contributed by atoms with Gasteiger partial charge in [-0.2, -0.15) is 4.31 Å². The van der Waals surface area contributed by atoms with Crippen molar-refractivity contribution in [2.75, 3.05) is 39.4 Å². The first kappa shape index (κ1) is 19.8. The Kier molecular flexibility index (Phi) is 5.29. The number of benzene rings is 1. The summed E-state index contributed by atoms with van der Waals surface area (Å²) in [5.41, 5.74) is -0.153. The molecule has 9 heteroatoms. The van der Waals surface area contributed by atoms with Crippen molar-refractivity contribution in [1.82, 2.24) is 9.21 Å². The first-order valence-electron chi connectivity index (χ1n) is 8.86. The number of carboxylic acid groups (broad SMARTS) is 1. The number of sulfonamides is 1. The van der Waals surface area contributed by atoms with E-state index in [-0.39, 0.29) is 36.0 Å². The molecule has 1 N–H and O–H groups in total.